The zero-order chi connectivity index (χ0) is 13.4. The minimum atomic E-state index is 0.0956. The highest BCUT2D eigenvalue weighted by Crippen LogP contribution is 2.32. The smallest absolute Gasteiger partial charge is 0.0156 e. The Hall–Kier alpha value is -0.0800. The molecule has 0 aromatic rings. The van der Waals surface area contributed by atoms with Gasteiger partial charge in [0.25, 0.3) is 0 Å². The molecule has 0 heterocycles. The van der Waals surface area contributed by atoms with Crippen LogP contribution in [0.1, 0.15) is 78.1 Å². The van der Waals surface area contributed by atoms with Gasteiger partial charge in [-0.3, -0.25) is 0 Å². The van der Waals surface area contributed by atoms with E-state index in [1.807, 2.05) is 0 Å². The van der Waals surface area contributed by atoms with E-state index in [0.717, 1.165) is 18.4 Å². The third kappa shape index (κ3) is 5.71. The maximum Gasteiger partial charge on any atom is 0.0156 e. The Balaban J connectivity index is 2.59. The van der Waals surface area contributed by atoms with Crippen molar-refractivity contribution in [3.63, 3.8) is 0 Å². The number of rotatable bonds is 4. The van der Waals surface area contributed by atoms with Crippen LogP contribution in [-0.4, -0.2) is 12.1 Å². The van der Waals surface area contributed by atoms with Crippen molar-refractivity contribution < 1.29 is 0 Å². The van der Waals surface area contributed by atoms with Crippen LogP contribution in [0.5, 0.6) is 0 Å². The second-order valence-corrected chi connectivity index (χ2v) is 6.69. The molecular formula is C16H34N2. The molecule has 1 saturated carbocycles. The van der Waals surface area contributed by atoms with E-state index in [1.165, 1.54) is 64.2 Å². The number of nitrogens with two attached hydrogens (primary N) is 2. The summed E-state index contributed by atoms with van der Waals surface area (Å²) in [5.74, 6) is 1.62. The summed E-state index contributed by atoms with van der Waals surface area (Å²) in [4.78, 5) is 0. The van der Waals surface area contributed by atoms with Crippen molar-refractivity contribution in [2.45, 2.75) is 83.6 Å². The molecule has 0 radical (unpaired) electrons. The third-order valence-corrected chi connectivity index (χ3v) is 4.69. The summed E-state index contributed by atoms with van der Waals surface area (Å²) in [5, 5.41) is 0. The highest BCUT2D eigenvalue weighted by atomic mass is 14.7. The fourth-order valence-electron chi connectivity index (χ4n) is 3.71. The molecule has 0 aromatic heterocycles. The first-order valence-electron chi connectivity index (χ1n) is 8.08. The monoisotopic (exact) mass is 254 g/mol. The Morgan fingerprint density at radius 1 is 1.17 bits per heavy atom. The summed E-state index contributed by atoms with van der Waals surface area (Å²) in [7, 11) is 0. The molecule has 1 rings (SSSR count). The van der Waals surface area contributed by atoms with Gasteiger partial charge in [-0.05, 0) is 50.5 Å². The van der Waals surface area contributed by atoms with Crippen molar-refractivity contribution in [1.29, 1.82) is 0 Å². The van der Waals surface area contributed by atoms with Gasteiger partial charge in [0.15, 0.2) is 0 Å². The lowest BCUT2D eigenvalue weighted by Crippen LogP contribution is -2.42. The molecule has 0 aliphatic heterocycles. The molecule has 3 atom stereocenters. The van der Waals surface area contributed by atoms with Gasteiger partial charge < -0.3 is 11.5 Å². The van der Waals surface area contributed by atoms with Gasteiger partial charge in [0.2, 0.25) is 0 Å². The predicted molar refractivity (Wildman–Crippen MR) is 80.5 cm³/mol. The number of hydrogen-bond donors (Lipinski definition) is 2. The average Bonchev–Trinajstić information content (AvgIpc) is 2.31. The van der Waals surface area contributed by atoms with E-state index in [2.05, 4.69) is 13.8 Å². The first-order chi connectivity index (χ1) is 8.59. The minimum Gasteiger partial charge on any atom is -0.330 e. The van der Waals surface area contributed by atoms with Crippen LogP contribution in [0.3, 0.4) is 0 Å². The fourth-order valence-corrected chi connectivity index (χ4v) is 3.71. The molecule has 0 spiro atoms. The summed E-state index contributed by atoms with van der Waals surface area (Å²) in [6, 6.07) is 0. The molecule has 1 aliphatic carbocycles. The van der Waals surface area contributed by atoms with Crippen LogP contribution in [0.4, 0.5) is 0 Å². The van der Waals surface area contributed by atoms with Crippen LogP contribution in [0.2, 0.25) is 0 Å². The van der Waals surface area contributed by atoms with Crippen molar-refractivity contribution in [2.75, 3.05) is 6.54 Å². The SMILES string of the molecule is CCCC1(N)CCC(CCN)CCCC[C@@H](C)C1. The van der Waals surface area contributed by atoms with E-state index in [0.29, 0.717) is 0 Å². The second kappa shape index (κ2) is 8.16. The highest BCUT2D eigenvalue weighted by Gasteiger charge is 2.28. The van der Waals surface area contributed by atoms with Crippen molar-refractivity contribution in [3.8, 4) is 0 Å². The molecule has 1 fully saturated rings. The van der Waals surface area contributed by atoms with Crippen LogP contribution >= 0.6 is 0 Å². The molecule has 2 nitrogen and oxygen atoms in total. The van der Waals surface area contributed by atoms with Crippen LogP contribution < -0.4 is 11.5 Å². The van der Waals surface area contributed by atoms with E-state index < -0.39 is 0 Å². The van der Waals surface area contributed by atoms with Crippen LogP contribution in [-0.2, 0) is 0 Å². The average molecular weight is 254 g/mol. The zero-order valence-corrected chi connectivity index (χ0v) is 12.6. The maximum absolute atomic E-state index is 6.68. The quantitative estimate of drug-likeness (QED) is 0.801. The topological polar surface area (TPSA) is 52.0 Å². The molecule has 0 amide bonds. The van der Waals surface area contributed by atoms with Gasteiger partial charge in [-0.1, -0.05) is 46.0 Å². The van der Waals surface area contributed by atoms with E-state index in [-0.39, 0.29) is 5.54 Å². The molecule has 1 aliphatic rings. The van der Waals surface area contributed by atoms with Gasteiger partial charge in [-0.15, -0.1) is 0 Å². The van der Waals surface area contributed by atoms with E-state index in [1.54, 1.807) is 0 Å². The summed E-state index contributed by atoms with van der Waals surface area (Å²) >= 11 is 0. The lowest BCUT2D eigenvalue weighted by molar-refractivity contribution is 0.234. The molecule has 0 bridgehead atoms. The van der Waals surface area contributed by atoms with Crippen molar-refractivity contribution >= 4 is 0 Å². The van der Waals surface area contributed by atoms with Crippen molar-refractivity contribution in [3.05, 3.63) is 0 Å². The van der Waals surface area contributed by atoms with Crippen molar-refractivity contribution in [2.24, 2.45) is 23.3 Å². The van der Waals surface area contributed by atoms with Crippen LogP contribution in [0, 0.1) is 11.8 Å². The van der Waals surface area contributed by atoms with Gasteiger partial charge in [-0.2, -0.15) is 0 Å². The predicted octanol–water partition coefficient (Wildman–Crippen LogP) is 3.83. The van der Waals surface area contributed by atoms with E-state index in [9.17, 15) is 0 Å². The zero-order valence-electron chi connectivity index (χ0n) is 12.6. The molecular weight excluding hydrogens is 220 g/mol. The molecule has 18 heavy (non-hydrogen) atoms. The Kier molecular flexibility index (Phi) is 7.25. The molecule has 0 aromatic carbocycles. The fraction of sp³-hybridized carbons (Fsp3) is 1.00. The largest absolute Gasteiger partial charge is 0.330 e. The Morgan fingerprint density at radius 2 is 1.89 bits per heavy atom. The molecule has 2 heteroatoms. The minimum absolute atomic E-state index is 0.0956. The lowest BCUT2D eigenvalue weighted by atomic mass is 9.76. The van der Waals surface area contributed by atoms with Gasteiger partial charge in [0.1, 0.15) is 0 Å². The van der Waals surface area contributed by atoms with Crippen LogP contribution in [0.25, 0.3) is 0 Å². The van der Waals surface area contributed by atoms with Gasteiger partial charge in [0, 0.05) is 5.54 Å². The normalized spacial score (nSPS) is 35.3. The summed E-state index contributed by atoms with van der Waals surface area (Å²) in [6.45, 7) is 5.48. The summed E-state index contributed by atoms with van der Waals surface area (Å²) in [5.41, 5.74) is 12.5. The Bertz CT molecular complexity index is 217. The second-order valence-electron chi connectivity index (χ2n) is 6.69. The van der Waals surface area contributed by atoms with Gasteiger partial charge in [0.05, 0.1) is 0 Å². The summed E-state index contributed by atoms with van der Waals surface area (Å²) < 4.78 is 0. The maximum atomic E-state index is 6.68. The molecule has 4 N–H and O–H groups in total. The van der Waals surface area contributed by atoms with Gasteiger partial charge in [-0.25, -0.2) is 0 Å². The molecule has 108 valence electrons. The Labute approximate surface area is 114 Å². The molecule has 2 unspecified atom stereocenters. The number of hydrogen-bond acceptors (Lipinski definition) is 2. The van der Waals surface area contributed by atoms with Gasteiger partial charge >= 0.3 is 0 Å². The summed E-state index contributed by atoms with van der Waals surface area (Å²) in [6.07, 6.45) is 12.8. The first kappa shape index (κ1) is 16.0. The molecule has 0 saturated heterocycles. The van der Waals surface area contributed by atoms with Crippen LogP contribution in [0.15, 0.2) is 0 Å². The Morgan fingerprint density at radius 3 is 2.56 bits per heavy atom. The lowest BCUT2D eigenvalue weighted by Gasteiger charge is -2.34. The van der Waals surface area contributed by atoms with Crippen molar-refractivity contribution in [1.82, 2.24) is 0 Å². The highest BCUT2D eigenvalue weighted by molar-refractivity contribution is 4.87. The van der Waals surface area contributed by atoms with E-state index in [4.69, 9.17) is 11.5 Å². The first-order valence-corrected chi connectivity index (χ1v) is 8.08. The van der Waals surface area contributed by atoms with E-state index >= 15 is 0 Å². The third-order valence-electron chi connectivity index (χ3n) is 4.69. The standard InChI is InChI=1S/C16H34N2/c1-3-10-16(18)11-8-15(9-12-17)7-5-4-6-14(2)13-16/h14-15H,3-13,17-18H2,1-2H3/t14-,15?,16?/m1/s1.